The predicted octanol–water partition coefficient (Wildman–Crippen LogP) is 4.45. The molecule has 180 valence electrons. The molecule has 1 unspecified atom stereocenters. The predicted molar refractivity (Wildman–Crippen MR) is 128 cm³/mol. The number of carboxylic acids is 1. The summed E-state index contributed by atoms with van der Waals surface area (Å²) in [7, 11) is 0. The molecule has 2 amide bonds. The third-order valence-electron chi connectivity index (χ3n) is 6.95. The van der Waals surface area contributed by atoms with Gasteiger partial charge in [0.25, 0.3) is 0 Å². The Morgan fingerprint density at radius 2 is 1.56 bits per heavy atom. The molecule has 0 radical (unpaired) electrons. The second-order valence-electron chi connectivity index (χ2n) is 9.21. The van der Waals surface area contributed by atoms with Crippen LogP contribution in [0.4, 0.5) is 4.79 Å². The van der Waals surface area contributed by atoms with Gasteiger partial charge in [0.15, 0.2) is 0 Å². The van der Waals surface area contributed by atoms with Gasteiger partial charge in [0.1, 0.15) is 12.6 Å². The van der Waals surface area contributed by atoms with Gasteiger partial charge in [0.05, 0.1) is 5.92 Å². The van der Waals surface area contributed by atoms with Crippen molar-refractivity contribution in [2.45, 2.75) is 63.5 Å². The van der Waals surface area contributed by atoms with Crippen LogP contribution >= 0.6 is 0 Å². The fourth-order valence-corrected chi connectivity index (χ4v) is 5.13. The number of rotatable bonds is 8. The van der Waals surface area contributed by atoms with Crippen LogP contribution in [0.25, 0.3) is 11.1 Å². The van der Waals surface area contributed by atoms with Crippen LogP contribution in [-0.2, 0) is 14.3 Å². The van der Waals surface area contributed by atoms with Crippen molar-refractivity contribution in [1.29, 1.82) is 0 Å². The van der Waals surface area contributed by atoms with Crippen molar-refractivity contribution in [3.63, 3.8) is 0 Å². The van der Waals surface area contributed by atoms with Gasteiger partial charge >= 0.3 is 12.1 Å². The summed E-state index contributed by atoms with van der Waals surface area (Å²) in [6.07, 6.45) is 2.99. The molecule has 1 saturated carbocycles. The van der Waals surface area contributed by atoms with E-state index in [4.69, 9.17) is 9.84 Å². The van der Waals surface area contributed by atoms with Gasteiger partial charge in [0, 0.05) is 12.0 Å². The van der Waals surface area contributed by atoms with Crippen molar-refractivity contribution in [3.05, 3.63) is 59.7 Å². The number of hydrogen-bond acceptors (Lipinski definition) is 4. The first-order chi connectivity index (χ1) is 16.5. The Bertz CT molecular complexity index is 999. The molecule has 4 rings (SSSR count). The first-order valence-corrected chi connectivity index (χ1v) is 12.1. The Balaban J connectivity index is 1.33. The molecule has 2 aromatic carbocycles. The maximum absolute atomic E-state index is 12.8. The van der Waals surface area contributed by atoms with E-state index in [0.29, 0.717) is 32.1 Å². The molecular weight excluding hydrogens is 432 g/mol. The first-order valence-electron chi connectivity index (χ1n) is 12.1. The Hall–Kier alpha value is -3.35. The zero-order valence-corrected chi connectivity index (χ0v) is 19.5. The van der Waals surface area contributed by atoms with E-state index in [9.17, 15) is 14.4 Å². The molecule has 1 atom stereocenters. The van der Waals surface area contributed by atoms with Crippen molar-refractivity contribution < 1.29 is 24.2 Å². The molecule has 0 bridgehead atoms. The normalized spacial score (nSPS) is 20.0. The van der Waals surface area contributed by atoms with Crippen LogP contribution in [0.5, 0.6) is 0 Å². The zero-order chi connectivity index (χ0) is 24.1. The van der Waals surface area contributed by atoms with Crippen LogP contribution in [0.3, 0.4) is 0 Å². The molecule has 0 aromatic heterocycles. The van der Waals surface area contributed by atoms with E-state index in [1.54, 1.807) is 0 Å². The molecule has 0 aliphatic heterocycles. The number of benzene rings is 2. The average molecular weight is 465 g/mol. The van der Waals surface area contributed by atoms with Gasteiger partial charge in [-0.25, -0.2) is 4.79 Å². The minimum Gasteiger partial charge on any atom is -0.481 e. The fraction of sp³-hybridized carbons (Fsp3) is 0.444. The Morgan fingerprint density at radius 1 is 0.971 bits per heavy atom. The highest BCUT2D eigenvalue weighted by Gasteiger charge is 2.31. The van der Waals surface area contributed by atoms with Crippen molar-refractivity contribution in [2.24, 2.45) is 5.92 Å². The molecule has 0 saturated heterocycles. The SMILES string of the molecule is CCCC(NC(=O)OCC1c2ccccc2-c2ccccc21)C(=O)NC1CCC(C(=O)O)CC1. The van der Waals surface area contributed by atoms with Crippen LogP contribution < -0.4 is 10.6 Å². The average Bonchev–Trinajstić information content (AvgIpc) is 3.16. The summed E-state index contributed by atoms with van der Waals surface area (Å²) in [6, 6.07) is 15.5. The Labute approximate surface area is 199 Å². The van der Waals surface area contributed by atoms with Crippen molar-refractivity contribution >= 4 is 18.0 Å². The third kappa shape index (κ3) is 5.24. The summed E-state index contributed by atoms with van der Waals surface area (Å²) in [5.41, 5.74) is 4.59. The number of aliphatic carboxylic acids is 1. The lowest BCUT2D eigenvalue weighted by atomic mass is 9.86. The molecule has 0 spiro atoms. The molecule has 0 heterocycles. The maximum Gasteiger partial charge on any atom is 0.407 e. The number of amides is 2. The monoisotopic (exact) mass is 464 g/mol. The molecule has 2 aliphatic rings. The van der Waals surface area contributed by atoms with E-state index in [0.717, 1.165) is 28.7 Å². The molecule has 2 aromatic rings. The Kier molecular flexibility index (Phi) is 7.50. The molecule has 1 fully saturated rings. The summed E-state index contributed by atoms with van der Waals surface area (Å²) in [5, 5.41) is 14.9. The van der Waals surface area contributed by atoms with Crippen molar-refractivity contribution in [1.82, 2.24) is 10.6 Å². The number of hydrogen-bond donors (Lipinski definition) is 3. The standard InChI is InChI=1S/C27H32N2O5/c1-2-7-24(25(30)28-18-14-12-17(13-15-18)26(31)32)29-27(33)34-16-23-21-10-5-3-8-19(21)20-9-4-6-11-22(20)23/h3-6,8-11,17-18,23-24H,2,7,12-16H2,1H3,(H,28,30)(H,29,33)(H,31,32). The summed E-state index contributed by atoms with van der Waals surface area (Å²) in [4.78, 5) is 36.6. The summed E-state index contributed by atoms with van der Waals surface area (Å²) >= 11 is 0. The first kappa shape index (κ1) is 23.8. The number of carbonyl (C=O) groups excluding carboxylic acids is 2. The van der Waals surface area contributed by atoms with E-state index in [1.165, 1.54) is 0 Å². The number of carbonyl (C=O) groups is 3. The minimum absolute atomic E-state index is 0.0407. The number of alkyl carbamates (subject to hydrolysis) is 1. The van der Waals surface area contributed by atoms with Crippen LogP contribution in [0.1, 0.15) is 62.5 Å². The molecular formula is C27H32N2O5. The maximum atomic E-state index is 12.8. The van der Waals surface area contributed by atoms with Crippen LogP contribution in [0.2, 0.25) is 0 Å². The van der Waals surface area contributed by atoms with Crippen molar-refractivity contribution in [2.75, 3.05) is 6.61 Å². The minimum atomic E-state index is -0.773. The number of fused-ring (bicyclic) bond motifs is 3. The molecule has 2 aliphatic carbocycles. The smallest absolute Gasteiger partial charge is 0.407 e. The number of carboxylic acid groups (broad SMARTS) is 1. The summed E-state index contributed by atoms with van der Waals surface area (Å²) in [6.45, 7) is 2.15. The highest BCUT2D eigenvalue weighted by atomic mass is 16.5. The fourth-order valence-electron chi connectivity index (χ4n) is 5.13. The van der Waals surface area contributed by atoms with E-state index in [-0.39, 0.29) is 30.4 Å². The van der Waals surface area contributed by atoms with Crippen LogP contribution in [0.15, 0.2) is 48.5 Å². The zero-order valence-electron chi connectivity index (χ0n) is 19.5. The van der Waals surface area contributed by atoms with Gasteiger partial charge in [0.2, 0.25) is 5.91 Å². The number of ether oxygens (including phenoxy) is 1. The quantitative estimate of drug-likeness (QED) is 0.535. The van der Waals surface area contributed by atoms with Gasteiger partial charge in [-0.05, 0) is 54.4 Å². The Morgan fingerprint density at radius 3 is 2.12 bits per heavy atom. The lowest BCUT2D eigenvalue weighted by Crippen LogP contribution is -2.50. The van der Waals surface area contributed by atoms with E-state index < -0.39 is 18.1 Å². The largest absolute Gasteiger partial charge is 0.481 e. The second kappa shape index (κ2) is 10.7. The molecule has 34 heavy (non-hydrogen) atoms. The van der Waals surface area contributed by atoms with Gasteiger partial charge in [-0.1, -0.05) is 61.9 Å². The summed E-state index contributed by atoms with van der Waals surface area (Å²) in [5.74, 6) is -1.39. The second-order valence-corrected chi connectivity index (χ2v) is 9.21. The summed E-state index contributed by atoms with van der Waals surface area (Å²) < 4.78 is 5.60. The molecule has 7 heteroatoms. The highest BCUT2D eigenvalue weighted by molar-refractivity contribution is 5.86. The molecule has 3 N–H and O–H groups in total. The topological polar surface area (TPSA) is 105 Å². The molecule has 7 nitrogen and oxygen atoms in total. The highest BCUT2D eigenvalue weighted by Crippen LogP contribution is 2.44. The van der Waals surface area contributed by atoms with Gasteiger partial charge in [-0.15, -0.1) is 0 Å². The van der Waals surface area contributed by atoms with Crippen LogP contribution in [0, 0.1) is 5.92 Å². The van der Waals surface area contributed by atoms with Gasteiger partial charge in [-0.2, -0.15) is 0 Å². The van der Waals surface area contributed by atoms with Gasteiger partial charge in [-0.3, -0.25) is 9.59 Å². The van der Waals surface area contributed by atoms with E-state index in [2.05, 4.69) is 34.9 Å². The lowest BCUT2D eigenvalue weighted by Gasteiger charge is -2.28. The van der Waals surface area contributed by atoms with Crippen molar-refractivity contribution in [3.8, 4) is 11.1 Å². The van der Waals surface area contributed by atoms with Crippen LogP contribution in [-0.4, -0.2) is 41.8 Å². The van der Waals surface area contributed by atoms with Gasteiger partial charge < -0.3 is 20.5 Å². The third-order valence-corrected chi connectivity index (χ3v) is 6.95. The van der Waals surface area contributed by atoms with E-state index in [1.807, 2.05) is 31.2 Å². The number of nitrogens with one attached hydrogen (secondary N) is 2. The lowest BCUT2D eigenvalue weighted by molar-refractivity contribution is -0.142. The van der Waals surface area contributed by atoms with E-state index >= 15 is 0 Å².